The minimum atomic E-state index is -0.662. The van der Waals surface area contributed by atoms with E-state index in [1.54, 1.807) is 6.07 Å². The Kier molecular flexibility index (Phi) is 4.57. The van der Waals surface area contributed by atoms with Crippen LogP contribution in [-0.4, -0.2) is 23.5 Å². The van der Waals surface area contributed by atoms with Crippen molar-refractivity contribution in [3.63, 3.8) is 0 Å². The number of hydrogen-bond donors (Lipinski definition) is 1. The molecule has 2 aromatic rings. The van der Waals surface area contributed by atoms with Crippen LogP contribution in [0.5, 0.6) is 0 Å². The fourth-order valence-electron chi connectivity index (χ4n) is 2.69. The Balaban J connectivity index is 1.55. The van der Waals surface area contributed by atoms with Crippen LogP contribution in [0.25, 0.3) is 0 Å². The van der Waals surface area contributed by atoms with Crippen LogP contribution in [0.2, 0.25) is 5.15 Å². The summed E-state index contributed by atoms with van der Waals surface area (Å²) in [5.74, 6) is -0.995. The third-order valence-electron chi connectivity index (χ3n) is 3.78. The lowest BCUT2D eigenvalue weighted by molar-refractivity contribution is -0.125. The molecular formula is C17H15ClN2O3. The van der Waals surface area contributed by atoms with Crippen molar-refractivity contribution in [2.24, 2.45) is 0 Å². The molecule has 0 saturated carbocycles. The zero-order chi connectivity index (χ0) is 16.2. The molecule has 6 heteroatoms. The molecule has 1 amide bonds. The Hall–Kier alpha value is -2.40. The Labute approximate surface area is 138 Å². The molecule has 0 bridgehead atoms. The fraction of sp³-hybridized carbons (Fsp3) is 0.235. The van der Waals surface area contributed by atoms with Crippen molar-refractivity contribution in [2.45, 2.75) is 18.9 Å². The molecule has 1 atom stereocenters. The average Bonchev–Trinajstić information content (AvgIpc) is 2.96. The number of amides is 1. The van der Waals surface area contributed by atoms with E-state index in [1.165, 1.54) is 17.8 Å². The molecule has 0 radical (unpaired) electrons. The van der Waals surface area contributed by atoms with Crippen molar-refractivity contribution < 1.29 is 14.3 Å². The molecule has 1 aromatic heterocycles. The topological polar surface area (TPSA) is 68.3 Å². The van der Waals surface area contributed by atoms with Gasteiger partial charge in [-0.15, -0.1) is 0 Å². The van der Waals surface area contributed by atoms with E-state index in [0.717, 1.165) is 18.4 Å². The van der Waals surface area contributed by atoms with Gasteiger partial charge in [-0.05, 0) is 36.1 Å². The van der Waals surface area contributed by atoms with Crippen LogP contribution >= 0.6 is 11.6 Å². The van der Waals surface area contributed by atoms with E-state index in [-0.39, 0.29) is 29.3 Å². The molecule has 3 rings (SSSR count). The zero-order valence-electron chi connectivity index (χ0n) is 12.3. The number of carbonyl (C=O) groups is 2. The quantitative estimate of drug-likeness (QED) is 0.691. The highest BCUT2D eigenvalue weighted by Gasteiger charge is 2.24. The molecule has 1 heterocycles. The number of fused-ring (bicyclic) bond motifs is 1. The highest BCUT2D eigenvalue weighted by molar-refractivity contribution is 6.32. The van der Waals surface area contributed by atoms with Crippen LogP contribution in [0.3, 0.4) is 0 Å². The van der Waals surface area contributed by atoms with Crippen LogP contribution in [0.1, 0.15) is 33.9 Å². The monoisotopic (exact) mass is 330 g/mol. The highest BCUT2D eigenvalue weighted by Crippen LogP contribution is 2.30. The van der Waals surface area contributed by atoms with Crippen LogP contribution in [-0.2, 0) is 16.0 Å². The minimum Gasteiger partial charge on any atom is -0.452 e. The van der Waals surface area contributed by atoms with Crippen molar-refractivity contribution in [3.05, 3.63) is 64.4 Å². The van der Waals surface area contributed by atoms with E-state index in [9.17, 15) is 9.59 Å². The van der Waals surface area contributed by atoms with Crippen LogP contribution < -0.4 is 5.32 Å². The smallest absolute Gasteiger partial charge is 0.341 e. The van der Waals surface area contributed by atoms with Gasteiger partial charge < -0.3 is 10.1 Å². The van der Waals surface area contributed by atoms with Crippen LogP contribution in [0, 0.1) is 0 Å². The van der Waals surface area contributed by atoms with E-state index in [2.05, 4.69) is 16.4 Å². The molecule has 1 N–H and O–H groups in total. The number of rotatable bonds is 4. The molecule has 118 valence electrons. The van der Waals surface area contributed by atoms with E-state index in [1.807, 2.05) is 18.2 Å². The average molecular weight is 331 g/mol. The third-order valence-corrected chi connectivity index (χ3v) is 4.08. The van der Waals surface area contributed by atoms with Crippen molar-refractivity contribution in [2.75, 3.05) is 6.61 Å². The number of esters is 1. The Morgan fingerprint density at radius 2 is 2.09 bits per heavy atom. The number of aryl methyl sites for hydroxylation is 1. The van der Waals surface area contributed by atoms with Crippen molar-refractivity contribution in [1.29, 1.82) is 0 Å². The van der Waals surface area contributed by atoms with Crippen molar-refractivity contribution >= 4 is 23.5 Å². The van der Waals surface area contributed by atoms with Gasteiger partial charge in [0.25, 0.3) is 5.91 Å². The third kappa shape index (κ3) is 3.51. The van der Waals surface area contributed by atoms with E-state index >= 15 is 0 Å². The van der Waals surface area contributed by atoms with Crippen molar-refractivity contribution in [1.82, 2.24) is 10.3 Å². The lowest BCUT2D eigenvalue weighted by Gasteiger charge is -2.14. The molecule has 5 nitrogen and oxygen atoms in total. The number of nitrogens with one attached hydrogen (secondary N) is 1. The minimum absolute atomic E-state index is 0.0284. The second-order valence-corrected chi connectivity index (χ2v) is 5.63. The maximum atomic E-state index is 12.0. The predicted molar refractivity (Wildman–Crippen MR) is 85.2 cm³/mol. The van der Waals surface area contributed by atoms with Gasteiger partial charge in [0.2, 0.25) is 0 Å². The molecule has 1 aliphatic carbocycles. The zero-order valence-corrected chi connectivity index (χ0v) is 13.0. The highest BCUT2D eigenvalue weighted by atomic mass is 35.5. The largest absolute Gasteiger partial charge is 0.452 e. The first-order valence-corrected chi connectivity index (χ1v) is 7.68. The first-order chi connectivity index (χ1) is 11.1. The van der Waals surface area contributed by atoms with Crippen molar-refractivity contribution in [3.8, 4) is 0 Å². The maximum Gasteiger partial charge on any atom is 0.341 e. The molecule has 1 unspecified atom stereocenters. The van der Waals surface area contributed by atoms with E-state index in [0.29, 0.717) is 0 Å². The number of ether oxygens (including phenoxy) is 1. The number of halogens is 1. The summed E-state index contributed by atoms with van der Waals surface area (Å²) < 4.78 is 4.99. The molecule has 0 spiro atoms. The van der Waals surface area contributed by atoms with Gasteiger partial charge in [0.1, 0.15) is 5.15 Å². The van der Waals surface area contributed by atoms with Gasteiger partial charge in [0, 0.05) is 6.20 Å². The Morgan fingerprint density at radius 1 is 1.26 bits per heavy atom. The fourth-order valence-corrected chi connectivity index (χ4v) is 2.89. The number of hydrogen-bond acceptors (Lipinski definition) is 4. The molecule has 23 heavy (non-hydrogen) atoms. The summed E-state index contributed by atoms with van der Waals surface area (Å²) in [4.78, 5) is 27.7. The number of pyridine rings is 1. The summed E-state index contributed by atoms with van der Waals surface area (Å²) in [6, 6.07) is 11.1. The Morgan fingerprint density at radius 3 is 2.91 bits per heavy atom. The number of nitrogens with zero attached hydrogens (tertiary/aromatic N) is 1. The van der Waals surface area contributed by atoms with Crippen LogP contribution in [0.4, 0.5) is 0 Å². The molecule has 1 aliphatic rings. The molecule has 0 aliphatic heterocycles. The number of aromatic nitrogens is 1. The Bertz CT molecular complexity index is 748. The predicted octanol–water partition coefficient (Wildman–Crippen LogP) is 2.70. The first-order valence-electron chi connectivity index (χ1n) is 7.30. The van der Waals surface area contributed by atoms with E-state index in [4.69, 9.17) is 16.3 Å². The number of benzene rings is 1. The second-order valence-electron chi connectivity index (χ2n) is 5.28. The normalized spacial score (nSPS) is 15.8. The van der Waals surface area contributed by atoms with Crippen LogP contribution in [0.15, 0.2) is 42.6 Å². The van der Waals surface area contributed by atoms with Gasteiger partial charge >= 0.3 is 5.97 Å². The molecule has 0 fully saturated rings. The molecule has 0 saturated heterocycles. The summed E-state index contributed by atoms with van der Waals surface area (Å²) in [5, 5.41) is 2.95. The summed E-state index contributed by atoms with van der Waals surface area (Å²) in [6.07, 6.45) is 3.27. The van der Waals surface area contributed by atoms with Gasteiger partial charge in [0.15, 0.2) is 6.61 Å². The summed E-state index contributed by atoms with van der Waals surface area (Å²) >= 11 is 5.82. The summed E-state index contributed by atoms with van der Waals surface area (Å²) in [7, 11) is 0. The standard InChI is InChI=1S/C17H15ClN2O3/c18-16-13(6-3-9-19-16)17(22)23-10-15(21)20-14-8-7-11-4-1-2-5-12(11)14/h1-6,9,14H,7-8,10H2,(H,20,21). The van der Waals surface area contributed by atoms with Gasteiger partial charge in [-0.2, -0.15) is 0 Å². The molecular weight excluding hydrogens is 316 g/mol. The second kappa shape index (κ2) is 6.79. The van der Waals surface area contributed by atoms with Gasteiger partial charge in [-0.25, -0.2) is 9.78 Å². The van der Waals surface area contributed by atoms with E-state index < -0.39 is 5.97 Å². The summed E-state index contributed by atoms with van der Waals surface area (Å²) in [6.45, 7) is -0.345. The molecule has 1 aromatic carbocycles. The lowest BCUT2D eigenvalue weighted by Crippen LogP contribution is -2.31. The maximum absolute atomic E-state index is 12.0. The van der Waals surface area contributed by atoms with Gasteiger partial charge in [-0.1, -0.05) is 35.9 Å². The summed E-state index contributed by atoms with van der Waals surface area (Å²) in [5.41, 5.74) is 2.52. The van der Waals surface area contributed by atoms with Gasteiger partial charge in [0.05, 0.1) is 11.6 Å². The van der Waals surface area contributed by atoms with Gasteiger partial charge in [-0.3, -0.25) is 4.79 Å². The lowest BCUT2D eigenvalue weighted by atomic mass is 10.1. The number of carbonyl (C=O) groups excluding carboxylic acids is 2. The SMILES string of the molecule is O=C(COC(=O)c1cccnc1Cl)NC1CCc2ccccc21. The first kappa shape index (κ1) is 15.5.